The van der Waals surface area contributed by atoms with Gasteiger partial charge >= 0.3 is 11.7 Å². The molecular weight excluding hydrogens is 360 g/mol. The van der Waals surface area contributed by atoms with Gasteiger partial charge in [0.15, 0.2) is 0 Å². The van der Waals surface area contributed by atoms with E-state index in [2.05, 4.69) is 21.7 Å². The van der Waals surface area contributed by atoms with Gasteiger partial charge in [-0.25, -0.2) is 14.6 Å². The Kier molecular flexibility index (Phi) is 5.02. The molecule has 0 radical (unpaired) electrons. The number of rotatable bonds is 4. The van der Waals surface area contributed by atoms with Crippen molar-refractivity contribution >= 4 is 23.1 Å². The predicted molar refractivity (Wildman–Crippen MR) is 106 cm³/mol. The van der Waals surface area contributed by atoms with Crippen molar-refractivity contribution in [3.63, 3.8) is 0 Å². The second kappa shape index (κ2) is 7.75. The van der Waals surface area contributed by atoms with Crippen molar-refractivity contribution in [2.24, 2.45) is 0 Å². The Bertz CT molecular complexity index is 983. The van der Waals surface area contributed by atoms with Crippen LogP contribution in [0, 0.1) is 0 Å². The Morgan fingerprint density at radius 2 is 2.22 bits per heavy atom. The molecule has 4 rings (SSSR count). The van der Waals surface area contributed by atoms with E-state index in [0.29, 0.717) is 6.54 Å². The number of nitrogens with zero attached hydrogens (tertiary/aromatic N) is 3. The number of anilines is 1. The van der Waals surface area contributed by atoms with Gasteiger partial charge in [0.1, 0.15) is 0 Å². The molecule has 1 saturated heterocycles. The van der Waals surface area contributed by atoms with E-state index < -0.39 is 0 Å². The highest BCUT2D eigenvalue weighted by Crippen LogP contribution is 2.33. The molecule has 2 amide bonds. The molecule has 1 unspecified atom stereocenters. The van der Waals surface area contributed by atoms with Crippen molar-refractivity contribution in [3.05, 3.63) is 81.2 Å². The van der Waals surface area contributed by atoms with Crippen LogP contribution in [0.4, 0.5) is 10.5 Å². The fraction of sp³-hybridized carbons (Fsp3) is 0.250. The maximum Gasteiger partial charge on any atom is 0.347 e. The molecule has 7 heteroatoms. The van der Waals surface area contributed by atoms with Crippen LogP contribution in [0.2, 0.25) is 0 Å². The molecular formula is C20H20N4O2S. The summed E-state index contributed by atoms with van der Waals surface area (Å²) < 4.78 is 1.54. The Hall–Kier alpha value is -2.93. The normalized spacial score (nSPS) is 16.4. The summed E-state index contributed by atoms with van der Waals surface area (Å²) in [6.07, 6.45) is 5.19. The number of carbonyl (C=O) groups excluding carboxylic acids is 1. The third-order valence-electron chi connectivity index (χ3n) is 4.76. The van der Waals surface area contributed by atoms with Gasteiger partial charge in [0.25, 0.3) is 0 Å². The first-order chi connectivity index (χ1) is 13.2. The number of amides is 2. The molecule has 3 aromatic rings. The third-order valence-corrected chi connectivity index (χ3v) is 5.46. The predicted octanol–water partition coefficient (Wildman–Crippen LogP) is 3.72. The van der Waals surface area contributed by atoms with Crippen LogP contribution in [-0.2, 0) is 6.54 Å². The molecule has 1 fully saturated rings. The quantitative estimate of drug-likeness (QED) is 0.750. The zero-order valence-electron chi connectivity index (χ0n) is 14.7. The minimum absolute atomic E-state index is 0.0839. The van der Waals surface area contributed by atoms with Crippen LogP contribution in [0.25, 0.3) is 0 Å². The molecule has 138 valence electrons. The van der Waals surface area contributed by atoms with E-state index >= 15 is 0 Å². The number of hydrogen-bond donors (Lipinski definition) is 1. The summed E-state index contributed by atoms with van der Waals surface area (Å²) in [5.41, 5.74) is 2.57. The first-order valence-corrected chi connectivity index (χ1v) is 9.85. The molecule has 1 aromatic carbocycles. The summed E-state index contributed by atoms with van der Waals surface area (Å²) in [5.74, 6) is 0. The second-order valence-electron chi connectivity index (χ2n) is 6.57. The standard InChI is InChI=1S/C20H20N4O2S/c25-19-21-8-3-9-23(19)13-15-4-1-5-17(12-15)22-20(26)24-10-2-6-18(24)16-7-11-27-14-16/h1,3-5,7-9,11-12,14,18H,2,6,10,13H2,(H,22,26). The lowest BCUT2D eigenvalue weighted by Crippen LogP contribution is -2.34. The number of benzene rings is 1. The topological polar surface area (TPSA) is 67.2 Å². The molecule has 2 aromatic heterocycles. The van der Waals surface area contributed by atoms with Gasteiger partial charge in [-0.3, -0.25) is 4.57 Å². The van der Waals surface area contributed by atoms with Crippen molar-refractivity contribution in [3.8, 4) is 0 Å². The monoisotopic (exact) mass is 380 g/mol. The average Bonchev–Trinajstić information content (AvgIpc) is 3.35. The van der Waals surface area contributed by atoms with Crippen LogP contribution in [0.3, 0.4) is 0 Å². The Morgan fingerprint density at radius 3 is 3.04 bits per heavy atom. The number of hydrogen-bond acceptors (Lipinski definition) is 4. The minimum atomic E-state index is -0.289. The van der Waals surface area contributed by atoms with Gasteiger partial charge in [-0.1, -0.05) is 12.1 Å². The summed E-state index contributed by atoms with van der Waals surface area (Å²) in [6, 6.07) is 11.5. The van der Waals surface area contributed by atoms with Gasteiger partial charge in [0.2, 0.25) is 0 Å². The molecule has 3 heterocycles. The van der Waals surface area contributed by atoms with E-state index in [1.807, 2.05) is 34.5 Å². The summed E-state index contributed by atoms with van der Waals surface area (Å²) in [6.45, 7) is 1.18. The fourth-order valence-electron chi connectivity index (χ4n) is 3.47. The maximum atomic E-state index is 12.8. The van der Waals surface area contributed by atoms with Gasteiger partial charge < -0.3 is 10.2 Å². The minimum Gasteiger partial charge on any atom is -0.317 e. The summed E-state index contributed by atoms with van der Waals surface area (Å²) in [4.78, 5) is 30.2. The van der Waals surface area contributed by atoms with Crippen LogP contribution in [-0.4, -0.2) is 27.0 Å². The summed E-state index contributed by atoms with van der Waals surface area (Å²) in [5, 5.41) is 7.17. The van der Waals surface area contributed by atoms with E-state index in [4.69, 9.17) is 0 Å². The lowest BCUT2D eigenvalue weighted by atomic mass is 10.1. The second-order valence-corrected chi connectivity index (χ2v) is 7.35. The van der Waals surface area contributed by atoms with Crippen LogP contribution >= 0.6 is 11.3 Å². The van der Waals surface area contributed by atoms with Gasteiger partial charge in [-0.05, 0) is 59.0 Å². The number of thiophene rings is 1. The van der Waals surface area contributed by atoms with Crippen molar-refractivity contribution in [1.29, 1.82) is 0 Å². The largest absolute Gasteiger partial charge is 0.347 e. The highest BCUT2D eigenvalue weighted by Gasteiger charge is 2.30. The molecule has 0 aliphatic carbocycles. The van der Waals surface area contributed by atoms with Crippen molar-refractivity contribution in [2.75, 3.05) is 11.9 Å². The molecule has 1 aliphatic heterocycles. The van der Waals surface area contributed by atoms with Gasteiger partial charge in [0, 0.05) is 24.6 Å². The smallest absolute Gasteiger partial charge is 0.317 e. The van der Waals surface area contributed by atoms with Crippen LogP contribution < -0.4 is 11.0 Å². The maximum absolute atomic E-state index is 12.8. The Labute approximate surface area is 161 Å². The van der Waals surface area contributed by atoms with Crippen molar-refractivity contribution < 1.29 is 4.79 Å². The van der Waals surface area contributed by atoms with E-state index in [9.17, 15) is 9.59 Å². The molecule has 1 atom stereocenters. The highest BCUT2D eigenvalue weighted by molar-refractivity contribution is 7.08. The molecule has 1 N–H and O–H groups in total. The number of likely N-dealkylation sites (tertiary alicyclic amines) is 1. The van der Waals surface area contributed by atoms with E-state index in [1.54, 1.807) is 23.6 Å². The van der Waals surface area contributed by atoms with Crippen LogP contribution in [0.15, 0.2) is 64.3 Å². The van der Waals surface area contributed by atoms with Crippen LogP contribution in [0.1, 0.15) is 30.0 Å². The zero-order valence-corrected chi connectivity index (χ0v) is 15.6. The molecule has 1 aliphatic rings. The molecule has 0 bridgehead atoms. The number of aromatic nitrogens is 2. The molecule has 0 saturated carbocycles. The molecule has 6 nitrogen and oxygen atoms in total. The molecule has 27 heavy (non-hydrogen) atoms. The number of nitrogens with one attached hydrogen (secondary N) is 1. The average molecular weight is 380 g/mol. The first kappa shape index (κ1) is 17.5. The third kappa shape index (κ3) is 3.93. The number of urea groups is 1. The highest BCUT2D eigenvalue weighted by atomic mass is 32.1. The van der Waals surface area contributed by atoms with Gasteiger partial charge in [-0.2, -0.15) is 11.3 Å². The molecule has 0 spiro atoms. The first-order valence-electron chi connectivity index (χ1n) is 8.91. The van der Waals surface area contributed by atoms with Crippen LogP contribution in [0.5, 0.6) is 0 Å². The Morgan fingerprint density at radius 1 is 1.30 bits per heavy atom. The SMILES string of the molecule is O=C(Nc1cccc(Cn2cccnc2=O)c1)N1CCCC1c1ccsc1. The summed E-state index contributed by atoms with van der Waals surface area (Å²) in [7, 11) is 0. The van der Waals surface area contributed by atoms with E-state index in [0.717, 1.165) is 30.6 Å². The Balaban J connectivity index is 1.47. The van der Waals surface area contributed by atoms with Gasteiger partial charge in [0.05, 0.1) is 12.6 Å². The lowest BCUT2D eigenvalue weighted by Gasteiger charge is -2.24. The lowest BCUT2D eigenvalue weighted by molar-refractivity contribution is 0.207. The van der Waals surface area contributed by atoms with Crippen molar-refractivity contribution in [1.82, 2.24) is 14.5 Å². The zero-order chi connectivity index (χ0) is 18.6. The van der Waals surface area contributed by atoms with E-state index in [-0.39, 0.29) is 17.8 Å². The summed E-state index contributed by atoms with van der Waals surface area (Å²) >= 11 is 1.66. The fourth-order valence-corrected chi connectivity index (χ4v) is 4.17. The van der Waals surface area contributed by atoms with E-state index in [1.165, 1.54) is 16.3 Å². The number of carbonyl (C=O) groups is 1. The van der Waals surface area contributed by atoms with Gasteiger partial charge in [-0.15, -0.1) is 0 Å². The van der Waals surface area contributed by atoms with Crippen molar-refractivity contribution in [2.45, 2.75) is 25.4 Å².